The van der Waals surface area contributed by atoms with Crippen molar-refractivity contribution in [2.45, 2.75) is 12.0 Å². The summed E-state index contributed by atoms with van der Waals surface area (Å²) in [7, 11) is 0. The molecule has 0 bridgehead atoms. The Balaban J connectivity index is 2.67. The van der Waals surface area contributed by atoms with E-state index in [2.05, 4.69) is 10.3 Å². The Bertz CT molecular complexity index is 647. The number of primary amides is 1. The lowest BCUT2D eigenvalue weighted by atomic mass is 9.87. The number of hydrogen-bond acceptors (Lipinski definition) is 4. The van der Waals surface area contributed by atoms with E-state index in [1.54, 1.807) is 0 Å². The van der Waals surface area contributed by atoms with E-state index in [-0.39, 0.29) is 5.56 Å². The number of aliphatic imine (C=N–C) groups is 1. The number of nitrogens with zero attached hydrogens (tertiary/aromatic N) is 1. The number of carbonyl (C=O) groups excluding carboxylic acids is 2. The van der Waals surface area contributed by atoms with Crippen molar-refractivity contribution in [3.63, 3.8) is 0 Å². The molecule has 5 N–H and O–H groups in total. The van der Waals surface area contributed by atoms with E-state index in [0.717, 1.165) is 18.2 Å². The minimum absolute atomic E-state index is 0.155. The van der Waals surface area contributed by atoms with Gasteiger partial charge in [0, 0.05) is 11.1 Å². The van der Waals surface area contributed by atoms with Crippen molar-refractivity contribution < 1.29 is 22.8 Å². The van der Waals surface area contributed by atoms with Gasteiger partial charge in [0.05, 0.1) is 6.54 Å². The summed E-state index contributed by atoms with van der Waals surface area (Å²) < 4.78 is 40.9. The highest BCUT2D eigenvalue weighted by Crippen LogP contribution is 2.36. The normalized spacial score (nSPS) is 21.9. The summed E-state index contributed by atoms with van der Waals surface area (Å²) in [5.74, 6) is -3.42. The smallest absolute Gasteiger partial charge is 0.286 e. The van der Waals surface area contributed by atoms with Crippen molar-refractivity contribution in [1.29, 1.82) is 0 Å². The number of halogens is 3. The maximum absolute atomic E-state index is 13.9. The average molecular weight is 300 g/mol. The Kier molecular flexibility index (Phi) is 3.58. The topological polar surface area (TPSA) is 111 Å². The molecule has 2 amide bonds. The maximum atomic E-state index is 13.9. The molecule has 0 fully saturated rings. The molecule has 9 heteroatoms. The lowest BCUT2D eigenvalue weighted by molar-refractivity contribution is -0.116. The van der Waals surface area contributed by atoms with Crippen LogP contribution in [0.5, 0.6) is 0 Å². The van der Waals surface area contributed by atoms with Gasteiger partial charge >= 0.3 is 0 Å². The van der Waals surface area contributed by atoms with Crippen LogP contribution in [0.15, 0.2) is 23.2 Å². The number of amides is 2. The fraction of sp³-hybridized carbons (Fsp3) is 0.250. The molecule has 1 aliphatic rings. The SMILES string of the molecule is NC(=O)c1ccc(F)c(C2(C(F)F)CNC(=O)C(N)=N2)c1. The molecule has 1 atom stereocenters. The molecule has 2 rings (SSSR count). The fourth-order valence-electron chi connectivity index (χ4n) is 2.02. The third-order valence-electron chi connectivity index (χ3n) is 3.15. The molecule has 112 valence electrons. The van der Waals surface area contributed by atoms with Gasteiger partial charge in [-0.3, -0.25) is 9.59 Å². The van der Waals surface area contributed by atoms with E-state index in [1.807, 2.05) is 0 Å². The van der Waals surface area contributed by atoms with E-state index in [0.29, 0.717) is 0 Å². The van der Waals surface area contributed by atoms with E-state index < -0.39 is 47.5 Å². The predicted octanol–water partition coefficient (Wildman–Crippen LogP) is -0.128. The van der Waals surface area contributed by atoms with Gasteiger partial charge in [0.2, 0.25) is 5.91 Å². The van der Waals surface area contributed by atoms with Gasteiger partial charge in [0.1, 0.15) is 5.82 Å². The Labute approximate surface area is 117 Å². The molecule has 0 aromatic heterocycles. The summed E-state index contributed by atoms with van der Waals surface area (Å²) >= 11 is 0. The first kappa shape index (κ1) is 14.8. The lowest BCUT2D eigenvalue weighted by Gasteiger charge is -2.33. The summed E-state index contributed by atoms with van der Waals surface area (Å²) in [4.78, 5) is 25.8. The van der Waals surface area contributed by atoms with Crippen molar-refractivity contribution in [3.05, 3.63) is 35.1 Å². The molecule has 1 aromatic carbocycles. The quantitative estimate of drug-likeness (QED) is 0.723. The largest absolute Gasteiger partial charge is 0.379 e. The summed E-state index contributed by atoms with van der Waals surface area (Å²) in [5.41, 5.74) is 7.21. The maximum Gasteiger partial charge on any atom is 0.286 e. The van der Waals surface area contributed by atoms with Crippen LogP contribution in [0.1, 0.15) is 15.9 Å². The third kappa shape index (κ3) is 2.41. The van der Waals surface area contributed by atoms with Crippen LogP contribution in [-0.4, -0.2) is 30.6 Å². The van der Waals surface area contributed by atoms with Gasteiger partial charge in [0.15, 0.2) is 11.4 Å². The fourth-order valence-corrected chi connectivity index (χ4v) is 2.02. The molecule has 1 heterocycles. The Hall–Kier alpha value is -2.58. The summed E-state index contributed by atoms with van der Waals surface area (Å²) in [6.07, 6.45) is -3.16. The third-order valence-corrected chi connectivity index (χ3v) is 3.15. The van der Waals surface area contributed by atoms with Crippen LogP contribution < -0.4 is 16.8 Å². The highest BCUT2D eigenvalue weighted by atomic mass is 19.3. The second-order valence-corrected chi connectivity index (χ2v) is 4.46. The zero-order valence-electron chi connectivity index (χ0n) is 10.6. The molecule has 0 aliphatic carbocycles. The second-order valence-electron chi connectivity index (χ2n) is 4.46. The lowest BCUT2D eigenvalue weighted by Crippen LogP contribution is -2.54. The monoisotopic (exact) mass is 300 g/mol. The first-order valence-corrected chi connectivity index (χ1v) is 5.79. The minimum Gasteiger partial charge on any atom is -0.379 e. The Morgan fingerprint density at radius 1 is 1.43 bits per heavy atom. The number of hydrogen-bond donors (Lipinski definition) is 3. The number of nitrogens with two attached hydrogens (primary N) is 2. The molecule has 0 saturated heterocycles. The second kappa shape index (κ2) is 5.08. The standard InChI is InChI=1S/C12H11F3N4O2/c13-7-2-1-5(9(17)20)3-6(7)12(11(14)15)4-18-10(21)8(16)19-12/h1-3,11H,4H2,(H2,16,19)(H2,17,20)(H,18,21). The average Bonchev–Trinajstić information content (AvgIpc) is 2.42. The van der Waals surface area contributed by atoms with Crippen LogP contribution in [0.3, 0.4) is 0 Å². The van der Waals surface area contributed by atoms with Crippen molar-refractivity contribution in [2.75, 3.05) is 6.54 Å². The van der Waals surface area contributed by atoms with E-state index >= 15 is 0 Å². The van der Waals surface area contributed by atoms with Crippen LogP contribution in [0.2, 0.25) is 0 Å². The zero-order valence-corrected chi connectivity index (χ0v) is 10.6. The molecule has 21 heavy (non-hydrogen) atoms. The van der Waals surface area contributed by atoms with Gasteiger partial charge in [0.25, 0.3) is 12.3 Å². The van der Waals surface area contributed by atoms with Crippen molar-refractivity contribution in [2.24, 2.45) is 16.5 Å². The van der Waals surface area contributed by atoms with Crippen molar-refractivity contribution >= 4 is 17.6 Å². The van der Waals surface area contributed by atoms with Gasteiger partial charge in [-0.1, -0.05) is 0 Å². The van der Waals surface area contributed by atoms with E-state index in [9.17, 15) is 22.8 Å². The van der Waals surface area contributed by atoms with Gasteiger partial charge in [-0.2, -0.15) is 0 Å². The molecule has 1 aromatic rings. The molecular weight excluding hydrogens is 289 g/mol. The summed E-state index contributed by atoms with van der Waals surface area (Å²) in [5, 5.41) is 2.12. The van der Waals surface area contributed by atoms with Gasteiger partial charge < -0.3 is 16.8 Å². The molecule has 0 saturated carbocycles. The molecule has 1 aliphatic heterocycles. The van der Waals surface area contributed by atoms with Gasteiger partial charge in [-0.25, -0.2) is 18.2 Å². The van der Waals surface area contributed by atoms with Crippen LogP contribution in [-0.2, 0) is 10.3 Å². The zero-order chi connectivity index (χ0) is 15.8. The van der Waals surface area contributed by atoms with Crippen LogP contribution in [0.4, 0.5) is 13.2 Å². The van der Waals surface area contributed by atoms with Gasteiger partial charge in [-0.15, -0.1) is 0 Å². The van der Waals surface area contributed by atoms with E-state index in [1.165, 1.54) is 0 Å². The minimum atomic E-state index is -3.16. The van der Waals surface area contributed by atoms with E-state index in [4.69, 9.17) is 11.5 Å². The van der Waals surface area contributed by atoms with Crippen molar-refractivity contribution in [1.82, 2.24) is 5.32 Å². The molecule has 6 nitrogen and oxygen atoms in total. The van der Waals surface area contributed by atoms with Crippen LogP contribution >= 0.6 is 0 Å². The number of amidine groups is 1. The highest BCUT2D eigenvalue weighted by Gasteiger charge is 2.47. The molecule has 1 unspecified atom stereocenters. The number of nitrogens with one attached hydrogen (secondary N) is 1. The molecule has 0 radical (unpaired) electrons. The number of rotatable bonds is 3. The van der Waals surface area contributed by atoms with Crippen LogP contribution in [0, 0.1) is 5.82 Å². The number of benzene rings is 1. The Morgan fingerprint density at radius 3 is 2.62 bits per heavy atom. The predicted molar refractivity (Wildman–Crippen MR) is 67.2 cm³/mol. The first-order valence-electron chi connectivity index (χ1n) is 5.79. The number of carbonyl (C=O) groups is 2. The first-order chi connectivity index (χ1) is 9.78. The molecular formula is C12H11F3N4O2. The molecule has 0 spiro atoms. The summed E-state index contributed by atoms with van der Waals surface area (Å²) in [6, 6.07) is 2.79. The van der Waals surface area contributed by atoms with Crippen molar-refractivity contribution in [3.8, 4) is 0 Å². The number of alkyl halides is 2. The van der Waals surface area contributed by atoms with Crippen LogP contribution in [0.25, 0.3) is 0 Å². The Morgan fingerprint density at radius 2 is 2.10 bits per heavy atom. The van der Waals surface area contributed by atoms with Gasteiger partial charge in [-0.05, 0) is 18.2 Å². The highest BCUT2D eigenvalue weighted by molar-refractivity contribution is 6.37. The summed E-state index contributed by atoms with van der Waals surface area (Å²) in [6.45, 7) is -0.649.